The Morgan fingerprint density at radius 2 is 1.67 bits per heavy atom. The van der Waals surface area contributed by atoms with Crippen molar-refractivity contribution in [2.75, 3.05) is 0 Å². The van der Waals surface area contributed by atoms with Crippen LogP contribution in [0.2, 0.25) is 0 Å². The molecule has 1 heterocycles. The van der Waals surface area contributed by atoms with Gasteiger partial charge in [-0.05, 0) is 43.9 Å². The lowest BCUT2D eigenvalue weighted by Crippen LogP contribution is -2.53. The number of hydrogen-bond donors (Lipinski definition) is 1. The Morgan fingerprint density at radius 3 is 2.22 bits per heavy atom. The monoisotopic (exact) mass is 263 g/mol. The van der Waals surface area contributed by atoms with Crippen molar-refractivity contribution < 1.29 is 13.2 Å². The van der Waals surface area contributed by atoms with Crippen molar-refractivity contribution in [3.8, 4) is 0 Å². The van der Waals surface area contributed by atoms with Crippen molar-refractivity contribution >= 4 is 0 Å². The Morgan fingerprint density at radius 1 is 1.00 bits per heavy atom. The van der Waals surface area contributed by atoms with Gasteiger partial charge in [0.2, 0.25) is 0 Å². The standard InChI is InChI=1S/C14H24F3N/c1-2-10-6-8-11(9-7-10)12-4-3-5-13(18-12)14(15,16)17/h10-13,18H,2-9H2,1H3. The van der Waals surface area contributed by atoms with Crippen LogP contribution in [0.1, 0.15) is 58.3 Å². The molecule has 18 heavy (non-hydrogen) atoms. The van der Waals surface area contributed by atoms with Crippen LogP contribution in [0.3, 0.4) is 0 Å². The van der Waals surface area contributed by atoms with Crippen LogP contribution in [-0.4, -0.2) is 18.3 Å². The average Bonchev–Trinajstić information content (AvgIpc) is 2.38. The van der Waals surface area contributed by atoms with Crippen molar-refractivity contribution in [3.63, 3.8) is 0 Å². The molecule has 2 aliphatic rings. The van der Waals surface area contributed by atoms with E-state index < -0.39 is 12.2 Å². The van der Waals surface area contributed by atoms with Crippen molar-refractivity contribution in [3.05, 3.63) is 0 Å². The number of piperidine rings is 1. The third kappa shape index (κ3) is 3.40. The molecule has 1 N–H and O–H groups in total. The molecule has 2 unspecified atom stereocenters. The first-order valence-corrected chi connectivity index (χ1v) is 7.33. The van der Waals surface area contributed by atoms with Crippen molar-refractivity contribution in [1.82, 2.24) is 5.32 Å². The molecule has 2 fully saturated rings. The first kappa shape index (κ1) is 14.2. The second-order valence-corrected chi connectivity index (χ2v) is 5.99. The van der Waals surface area contributed by atoms with Crippen molar-refractivity contribution in [2.24, 2.45) is 11.8 Å². The van der Waals surface area contributed by atoms with Gasteiger partial charge in [0.25, 0.3) is 0 Å². The topological polar surface area (TPSA) is 12.0 Å². The van der Waals surface area contributed by atoms with Crippen molar-refractivity contribution in [1.29, 1.82) is 0 Å². The lowest BCUT2D eigenvalue weighted by atomic mass is 9.75. The van der Waals surface area contributed by atoms with Gasteiger partial charge in [0.15, 0.2) is 0 Å². The minimum atomic E-state index is -4.07. The molecular formula is C14H24F3N. The molecule has 4 heteroatoms. The van der Waals surface area contributed by atoms with Gasteiger partial charge in [-0.1, -0.05) is 26.2 Å². The number of alkyl halides is 3. The van der Waals surface area contributed by atoms with E-state index >= 15 is 0 Å². The van der Waals surface area contributed by atoms with Gasteiger partial charge in [-0.25, -0.2) is 0 Å². The average molecular weight is 263 g/mol. The van der Waals surface area contributed by atoms with E-state index in [0.29, 0.717) is 5.92 Å². The smallest absolute Gasteiger partial charge is 0.303 e. The molecule has 0 aromatic rings. The minimum Gasteiger partial charge on any atom is -0.303 e. The summed E-state index contributed by atoms with van der Waals surface area (Å²) in [6, 6.07) is -1.16. The molecule has 1 aliphatic heterocycles. The molecule has 1 aliphatic carbocycles. The van der Waals surface area contributed by atoms with E-state index in [4.69, 9.17) is 0 Å². The summed E-state index contributed by atoms with van der Waals surface area (Å²) in [4.78, 5) is 0. The van der Waals surface area contributed by atoms with Gasteiger partial charge < -0.3 is 5.32 Å². The first-order chi connectivity index (χ1) is 8.50. The number of nitrogens with one attached hydrogen (secondary N) is 1. The molecular weight excluding hydrogens is 239 g/mol. The van der Waals surface area contributed by atoms with Gasteiger partial charge >= 0.3 is 6.18 Å². The molecule has 0 bridgehead atoms. The van der Waals surface area contributed by atoms with E-state index in [0.717, 1.165) is 31.6 Å². The predicted molar refractivity (Wildman–Crippen MR) is 66.4 cm³/mol. The highest BCUT2D eigenvalue weighted by atomic mass is 19.4. The van der Waals surface area contributed by atoms with E-state index in [2.05, 4.69) is 12.2 Å². The Bertz CT molecular complexity index is 256. The maximum atomic E-state index is 12.7. The van der Waals surface area contributed by atoms with E-state index in [1.807, 2.05) is 0 Å². The highest BCUT2D eigenvalue weighted by Gasteiger charge is 2.43. The number of hydrogen-bond acceptors (Lipinski definition) is 1. The van der Waals surface area contributed by atoms with Crippen LogP contribution in [0.5, 0.6) is 0 Å². The van der Waals surface area contributed by atoms with Crippen LogP contribution in [0.4, 0.5) is 13.2 Å². The first-order valence-electron chi connectivity index (χ1n) is 7.33. The second kappa shape index (κ2) is 5.81. The summed E-state index contributed by atoms with van der Waals surface area (Å²) in [5.74, 6) is 1.28. The zero-order valence-electron chi connectivity index (χ0n) is 11.1. The van der Waals surface area contributed by atoms with Gasteiger partial charge in [-0.2, -0.15) is 13.2 Å². The van der Waals surface area contributed by atoms with E-state index in [-0.39, 0.29) is 12.5 Å². The molecule has 0 spiro atoms. The normalized spacial score (nSPS) is 38.7. The molecule has 0 aromatic carbocycles. The fraction of sp³-hybridized carbons (Fsp3) is 1.00. The lowest BCUT2D eigenvalue weighted by Gasteiger charge is -2.39. The zero-order valence-corrected chi connectivity index (χ0v) is 11.1. The molecule has 106 valence electrons. The molecule has 2 rings (SSSR count). The van der Waals surface area contributed by atoms with E-state index in [1.54, 1.807) is 0 Å². The van der Waals surface area contributed by atoms with Gasteiger partial charge in [-0.3, -0.25) is 0 Å². The summed E-state index contributed by atoms with van der Waals surface area (Å²) in [6.07, 6.45) is 3.68. The Hall–Kier alpha value is -0.250. The quantitative estimate of drug-likeness (QED) is 0.784. The fourth-order valence-corrected chi connectivity index (χ4v) is 3.60. The molecule has 0 radical (unpaired) electrons. The minimum absolute atomic E-state index is 0.100. The van der Waals surface area contributed by atoms with E-state index in [9.17, 15) is 13.2 Å². The second-order valence-electron chi connectivity index (χ2n) is 5.99. The summed E-state index contributed by atoms with van der Waals surface area (Å²) in [6.45, 7) is 2.21. The Balaban J connectivity index is 1.86. The molecule has 1 saturated carbocycles. The van der Waals surface area contributed by atoms with Gasteiger partial charge in [0.05, 0.1) is 0 Å². The van der Waals surface area contributed by atoms with Crippen molar-refractivity contribution in [2.45, 2.75) is 76.6 Å². The number of rotatable bonds is 2. The van der Waals surface area contributed by atoms with Crippen LogP contribution >= 0.6 is 0 Å². The van der Waals surface area contributed by atoms with Gasteiger partial charge in [0.1, 0.15) is 6.04 Å². The van der Waals surface area contributed by atoms with Crippen LogP contribution < -0.4 is 5.32 Å². The van der Waals surface area contributed by atoms with Gasteiger partial charge in [0, 0.05) is 6.04 Å². The van der Waals surface area contributed by atoms with Crippen LogP contribution in [0.25, 0.3) is 0 Å². The van der Waals surface area contributed by atoms with Gasteiger partial charge in [-0.15, -0.1) is 0 Å². The maximum absolute atomic E-state index is 12.7. The molecule has 1 saturated heterocycles. The Kier molecular flexibility index (Phi) is 4.57. The third-order valence-corrected chi connectivity index (χ3v) is 4.86. The zero-order chi connectivity index (χ0) is 13.2. The lowest BCUT2D eigenvalue weighted by molar-refractivity contribution is -0.164. The number of halogens is 3. The largest absolute Gasteiger partial charge is 0.403 e. The molecule has 1 nitrogen and oxygen atoms in total. The predicted octanol–water partition coefficient (Wildman–Crippen LogP) is 4.28. The summed E-state index contributed by atoms with van der Waals surface area (Å²) in [5.41, 5.74) is 0. The SMILES string of the molecule is CCC1CCC(C2CCCC(C(F)(F)F)N2)CC1. The van der Waals surface area contributed by atoms with Crippen LogP contribution in [-0.2, 0) is 0 Å². The molecule has 0 amide bonds. The van der Waals surface area contributed by atoms with E-state index in [1.165, 1.54) is 19.3 Å². The summed E-state index contributed by atoms with van der Waals surface area (Å²) in [7, 11) is 0. The summed E-state index contributed by atoms with van der Waals surface area (Å²) >= 11 is 0. The fourth-order valence-electron chi connectivity index (χ4n) is 3.60. The maximum Gasteiger partial charge on any atom is 0.403 e. The molecule has 2 atom stereocenters. The van der Waals surface area contributed by atoms with Crippen LogP contribution in [0.15, 0.2) is 0 Å². The highest BCUT2D eigenvalue weighted by Crippen LogP contribution is 2.37. The van der Waals surface area contributed by atoms with Crippen LogP contribution in [0, 0.1) is 11.8 Å². The summed E-state index contributed by atoms with van der Waals surface area (Å²) in [5, 5.41) is 2.87. The summed E-state index contributed by atoms with van der Waals surface area (Å²) < 4.78 is 38.2. The highest BCUT2D eigenvalue weighted by molar-refractivity contribution is 4.90. The Labute approximate surface area is 108 Å². The third-order valence-electron chi connectivity index (χ3n) is 4.86. The molecule has 0 aromatic heterocycles.